The Morgan fingerprint density at radius 1 is 0.455 bits per heavy atom. The molecule has 7 nitrogen and oxygen atoms in total. The Morgan fingerprint density at radius 3 is 1.18 bits per heavy atom. The van der Waals surface area contributed by atoms with E-state index in [-0.39, 0.29) is 18.5 Å². The zero-order valence-corrected chi connectivity index (χ0v) is 29.6. The lowest BCUT2D eigenvalue weighted by molar-refractivity contribution is -0.144. The minimum absolute atomic E-state index is 0.148. The van der Waals surface area contributed by atoms with Crippen molar-refractivity contribution in [1.29, 1.82) is 0 Å². The quantitative estimate of drug-likeness (QED) is 0.0557. The normalized spacial score (nSPS) is 11.5. The summed E-state index contributed by atoms with van der Waals surface area (Å²) in [6.45, 7) is 12.2. The van der Waals surface area contributed by atoms with E-state index in [0.29, 0.717) is 45.7 Å². The molecule has 0 amide bonds. The van der Waals surface area contributed by atoms with Gasteiger partial charge in [-0.05, 0) is 38.9 Å². The second kappa shape index (κ2) is 34.7. The first-order valence-electron chi connectivity index (χ1n) is 18.9. The van der Waals surface area contributed by atoms with E-state index in [4.69, 9.17) is 9.47 Å². The van der Waals surface area contributed by atoms with Gasteiger partial charge in [0.2, 0.25) is 0 Å². The summed E-state index contributed by atoms with van der Waals surface area (Å²) < 4.78 is 11.0. The predicted octanol–water partition coefficient (Wildman–Crippen LogP) is 8.70. The van der Waals surface area contributed by atoms with Crippen LogP contribution >= 0.6 is 0 Å². The molecule has 0 rings (SSSR count). The van der Waals surface area contributed by atoms with Gasteiger partial charge in [-0.2, -0.15) is 0 Å². The number of hydrogen-bond donors (Lipinski definition) is 1. The maximum absolute atomic E-state index is 12.4. The zero-order chi connectivity index (χ0) is 32.4. The van der Waals surface area contributed by atoms with Gasteiger partial charge in [0.15, 0.2) is 0 Å². The fourth-order valence-corrected chi connectivity index (χ4v) is 5.62. The number of ether oxygens (including phenoxy) is 2. The van der Waals surface area contributed by atoms with Crippen molar-refractivity contribution in [2.24, 2.45) is 0 Å². The van der Waals surface area contributed by atoms with E-state index < -0.39 is 0 Å². The Hall–Kier alpha value is -1.18. The summed E-state index contributed by atoms with van der Waals surface area (Å²) in [5.41, 5.74) is 0. The Balaban J connectivity index is 4.17. The Labute approximate surface area is 273 Å². The third kappa shape index (κ3) is 30.8. The monoisotopic (exact) mass is 627 g/mol. The Kier molecular flexibility index (Phi) is 33.8. The summed E-state index contributed by atoms with van der Waals surface area (Å²) in [6, 6.07) is 0. The number of carbonyl (C=O) groups is 2. The van der Waals surface area contributed by atoms with Crippen LogP contribution in [0.25, 0.3) is 0 Å². The SMILES string of the molecule is CCCCCCCCCCCCOC(=O)CCN(CCCN(CC)CCO)CCC(=O)OCCCCCCCCCCCC. The van der Waals surface area contributed by atoms with Crippen LogP contribution in [0.2, 0.25) is 0 Å². The maximum Gasteiger partial charge on any atom is 0.307 e. The van der Waals surface area contributed by atoms with Gasteiger partial charge in [-0.25, -0.2) is 0 Å². The number of nitrogens with zero attached hydrogens (tertiary/aromatic N) is 2. The zero-order valence-electron chi connectivity index (χ0n) is 29.6. The van der Waals surface area contributed by atoms with Crippen LogP contribution in [0, 0.1) is 0 Å². The molecule has 1 N–H and O–H groups in total. The summed E-state index contributed by atoms with van der Waals surface area (Å²) in [5.74, 6) is -0.296. The lowest BCUT2D eigenvalue weighted by Gasteiger charge is -2.24. The number of rotatable bonds is 35. The van der Waals surface area contributed by atoms with Gasteiger partial charge in [0, 0.05) is 19.6 Å². The molecule has 0 aromatic carbocycles. The molecule has 0 spiro atoms. The number of aliphatic hydroxyl groups excluding tert-OH is 1. The number of hydrogen-bond acceptors (Lipinski definition) is 7. The molecule has 0 atom stereocenters. The lowest BCUT2D eigenvalue weighted by Crippen LogP contribution is -2.34. The van der Waals surface area contributed by atoms with Crippen LogP contribution < -0.4 is 0 Å². The van der Waals surface area contributed by atoms with E-state index in [1.807, 2.05) is 0 Å². The molecule has 0 aliphatic rings. The fourth-order valence-electron chi connectivity index (χ4n) is 5.62. The van der Waals surface area contributed by atoms with Crippen molar-refractivity contribution in [2.75, 3.05) is 59.1 Å². The standard InChI is InChI=1S/C37H74N2O5/c1-4-7-9-11-13-15-17-19-21-23-34-43-36(41)26-30-39(29-25-28-38(6-3)32-33-40)31-27-37(42)44-35-24-22-20-18-16-14-12-10-8-5-2/h40H,4-35H2,1-3H3. The van der Waals surface area contributed by atoms with Crippen molar-refractivity contribution >= 4 is 11.9 Å². The average Bonchev–Trinajstić information content (AvgIpc) is 3.02. The molecule has 0 saturated heterocycles. The van der Waals surface area contributed by atoms with Crippen molar-refractivity contribution in [3.05, 3.63) is 0 Å². The first-order valence-corrected chi connectivity index (χ1v) is 18.9. The summed E-state index contributed by atoms with van der Waals surface area (Å²) in [7, 11) is 0. The minimum atomic E-state index is -0.148. The molecule has 0 aliphatic heterocycles. The van der Waals surface area contributed by atoms with Crippen molar-refractivity contribution in [1.82, 2.24) is 9.80 Å². The van der Waals surface area contributed by atoms with Gasteiger partial charge in [0.25, 0.3) is 0 Å². The van der Waals surface area contributed by atoms with E-state index in [1.54, 1.807) is 0 Å². The van der Waals surface area contributed by atoms with Crippen LogP contribution in [0.3, 0.4) is 0 Å². The first kappa shape index (κ1) is 42.8. The average molecular weight is 627 g/mol. The largest absolute Gasteiger partial charge is 0.466 e. The van der Waals surface area contributed by atoms with Crippen LogP contribution in [-0.4, -0.2) is 85.9 Å². The Morgan fingerprint density at radius 2 is 0.818 bits per heavy atom. The van der Waals surface area contributed by atoms with E-state index in [9.17, 15) is 14.7 Å². The van der Waals surface area contributed by atoms with E-state index in [0.717, 1.165) is 51.7 Å². The maximum atomic E-state index is 12.4. The van der Waals surface area contributed by atoms with Gasteiger partial charge in [-0.3, -0.25) is 9.59 Å². The molecule has 262 valence electrons. The van der Waals surface area contributed by atoms with Crippen LogP contribution in [0.4, 0.5) is 0 Å². The van der Waals surface area contributed by atoms with Crippen molar-refractivity contribution in [3.63, 3.8) is 0 Å². The summed E-state index contributed by atoms with van der Waals surface area (Å²) >= 11 is 0. The third-order valence-corrected chi connectivity index (χ3v) is 8.60. The highest BCUT2D eigenvalue weighted by molar-refractivity contribution is 5.70. The second-order valence-electron chi connectivity index (χ2n) is 12.7. The predicted molar refractivity (Wildman–Crippen MR) is 185 cm³/mol. The van der Waals surface area contributed by atoms with Crippen molar-refractivity contribution < 1.29 is 24.2 Å². The molecule has 0 bridgehead atoms. The van der Waals surface area contributed by atoms with Gasteiger partial charge in [0.05, 0.1) is 32.7 Å². The number of carbonyl (C=O) groups excluding carboxylic acids is 2. The topological polar surface area (TPSA) is 79.3 Å². The van der Waals surface area contributed by atoms with Gasteiger partial charge in [0.1, 0.15) is 0 Å². The number of aliphatic hydroxyl groups is 1. The van der Waals surface area contributed by atoms with Crippen molar-refractivity contribution in [3.8, 4) is 0 Å². The molecule has 0 aliphatic carbocycles. The van der Waals surface area contributed by atoms with Gasteiger partial charge < -0.3 is 24.4 Å². The number of likely N-dealkylation sites (N-methyl/N-ethyl adjacent to an activating group) is 1. The van der Waals surface area contributed by atoms with E-state index >= 15 is 0 Å². The van der Waals surface area contributed by atoms with Crippen LogP contribution in [0.5, 0.6) is 0 Å². The highest BCUT2D eigenvalue weighted by Gasteiger charge is 2.13. The smallest absolute Gasteiger partial charge is 0.307 e. The van der Waals surface area contributed by atoms with Gasteiger partial charge >= 0.3 is 11.9 Å². The van der Waals surface area contributed by atoms with E-state index in [2.05, 4.69) is 30.6 Å². The molecule has 0 fully saturated rings. The number of esters is 2. The summed E-state index contributed by atoms with van der Waals surface area (Å²) in [5, 5.41) is 9.27. The van der Waals surface area contributed by atoms with Crippen molar-refractivity contribution in [2.45, 2.75) is 168 Å². The molecule has 0 aromatic heterocycles. The molecule has 0 unspecified atom stereocenters. The number of unbranched alkanes of at least 4 members (excludes halogenated alkanes) is 18. The molecular formula is C37H74N2O5. The summed E-state index contributed by atoms with van der Waals surface area (Å²) in [4.78, 5) is 29.2. The Bertz CT molecular complexity index is 577. The van der Waals surface area contributed by atoms with Crippen LogP contribution in [-0.2, 0) is 19.1 Å². The molecule has 44 heavy (non-hydrogen) atoms. The van der Waals surface area contributed by atoms with Gasteiger partial charge in [-0.1, -0.05) is 136 Å². The molecular weight excluding hydrogens is 552 g/mol. The van der Waals surface area contributed by atoms with Crippen LogP contribution in [0.1, 0.15) is 168 Å². The first-order chi connectivity index (χ1) is 21.6. The van der Waals surface area contributed by atoms with Crippen LogP contribution in [0.15, 0.2) is 0 Å². The molecule has 0 saturated carbocycles. The van der Waals surface area contributed by atoms with Gasteiger partial charge in [-0.15, -0.1) is 0 Å². The summed E-state index contributed by atoms with van der Waals surface area (Å²) in [6.07, 6.45) is 26.9. The lowest BCUT2D eigenvalue weighted by atomic mass is 10.1. The molecule has 0 aromatic rings. The fraction of sp³-hybridized carbons (Fsp3) is 0.946. The third-order valence-electron chi connectivity index (χ3n) is 8.60. The highest BCUT2D eigenvalue weighted by Crippen LogP contribution is 2.12. The molecule has 0 radical (unpaired) electrons. The second-order valence-corrected chi connectivity index (χ2v) is 12.7. The minimum Gasteiger partial charge on any atom is -0.466 e. The molecule has 0 heterocycles. The molecule has 7 heteroatoms. The van der Waals surface area contributed by atoms with E-state index in [1.165, 1.54) is 103 Å². The highest BCUT2D eigenvalue weighted by atomic mass is 16.5.